The number of benzene rings is 1. The molecular weight excluding hydrogens is 753 g/mol. The van der Waals surface area contributed by atoms with Crippen molar-refractivity contribution < 1.29 is 14.3 Å². The third-order valence-corrected chi connectivity index (χ3v) is 14.0. The first kappa shape index (κ1) is 37.2. The van der Waals surface area contributed by atoms with Crippen LogP contribution >= 0.6 is 22.6 Å². The molecule has 4 heterocycles. The fourth-order valence-electron chi connectivity index (χ4n) is 10.6. The number of ketones is 1. The third kappa shape index (κ3) is 7.52. The second-order valence-corrected chi connectivity index (χ2v) is 17.6. The summed E-state index contributed by atoms with van der Waals surface area (Å²) in [6.07, 6.45) is 14.6. The topological polar surface area (TPSA) is 95.4 Å². The number of ether oxygens (including phenoxy) is 1. The number of carbonyl (C=O) groups excluding carboxylic acids is 2. The molecule has 7 atom stereocenters. The van der Waals surface area contributed by atoms with Crippen molar-refractivity contribution in [3.05, 3.63) is 40.0 Å². The van der Waals surface area contributed by atoms with Crippen LogP contribution in [0.4, 0.5) is 5.69 Å². The highest BCUT2D eigenvalue weighted by atomic mass is 127. The Morgan fingerprint density at radius 1 is 1.08 bits per heavy atom. The van der Waals surface area contributed by atoms with Gasteiger partial charge in [0.15, 0.2) is 12.1 Å². The molecule has 0 aromatic heterocycles. The summed E-state index contributed by atoms with van der Waals surface area (Å²) < 4.78 is 8.28. The Kier molecular flexibility index (Phi) is 11.8. The lowest BCUT2D eigenvalue weighted by atomic mass is 9.61. The Balaban J connectivity index is 1.25. The average molecular weight is 812 g/mol. The molecule has 10 nitrogen and oxygen atoms in total. The van der Waals surface area contributed by atoms with Gasteiger partial charge in [-0.1, -0.05) is 44.7 Å². The molecule has 5 fully saturated rings. The fourth-order valence-corrected chi connectivity index (χ4v) is 11.1. The molecule has 2 saturated carbocycles. The normalized spacial score (nSPS) is 34.4. The maximum Gasteiger partial charge on any atom is 0.246 e. The molecule has 6 aliphatic rings. The van der Waals surface area contributed by atoms with Crippen molar-refractivity contribution in [1.29, 1.82) is 5.26 Å². The molecule has 3 saturated heterocycles. The van der Waals surface area contributed by atoms with E-state index in [4.69, 9.17) is 4.74 Å². The van der Waals surface area contributed by atoms with Crippen LogP contribution in [-0.4, -0.2) is 121 Å². The molecule has 1 aromatic rings. The molecule has 2 aliphatic carbocycles. The van der Waals surface area contributed by atoms with Gasteiger partial charge in [-0.15, -0.1) is 0 Å². The van der Waals surface area contributed by atoms with E-state index in [1.165, 1.54) is 59.4 Å². The second-order valence-electron chi connectivity index (χ2n) is 16.4. The first-order valence-corrected chi connectivity index (χ1v) is 20.7. The van der Waals surface area contributed by atoms with E-state index >= 15 is 4.79 Å². The van der Waals surface area contributed by atoms with E-state index in [1.807, 2.05) is 4.90 Å². The number of anilines is 1. The minimum atomic E-state index is -0.454. The summed E-state index contributed by atoms with van der Waals surface area (Å²) >= 11 is 2.38. The molecule has 51 heavy (non-hydrogen) atoms. The molecule has 11 heteroatoms. The van der Waals surface area contributed by atoms with E-state index < -0.39 is 5.41 Å². The van der Waals surface area contributed by atoms with Gasteiger partial charge in [-0.3, -0.25) is 19.8 Å². The average Bonchev–Trinajstić information content (AvgIpc) is 3.53. The summed E-state index contributed by atoms with van der Waals surface area (Å²) in [5, 5.41) is 13.8. The van der Waals surface area contributed by atoms with Crippen LogP contribution in [0.1, 0.15) is 82.6 Å². The maximum atomic E-state index is 15.3. The molecule has 278 valence electrons. The predicted octanol–water partition coefficient (Wildman–Crippen LogP) is 4.97. The number of piperazine rings is 1. The number of likely N-dealkylation sites (N-methyl/N-ethyl adjacent to an activating group) is 1. The number of amides is 1. The van der Waals surface area contributed by atoms with Crippen molar-refractivity contribution >= 4 is 40.0 Å². The minimum absolute atomic E-state index is 0.0226. The van der Waals surface area contributed by atoms with Crippen molar-refractivity contribution in [3.63, 3.8) is 0 Å². The number of fused-ring (bicyclic) bond motifs is 2. The quantitative estimate of drug-likeness (QED) is 0.303. The van der Waals surface area contributed by atoms with Crippen LogP contribution in [0.25, 0.3) is 0 Å². The van der Waals surface area contributed by atoms with Gasteiger partial charge in [0, 0.05) is 60.5 Å². The van der Waals surface area contributed by atoms with Gasteiger partial charge >= 0.3 is 0 Å². The molecule has 1 aromatic carbocycles. The van der Waals surface area contributed by atoms with Crippen molar-refractivity contribution in [2.75, 3.05) is 58.3 Å². The summed E-state index contributed by atoms with van der Waals surface area (Å²) in [4.78, 5) is 40.0. The van der Waals surface area contributed by atoms with Crippen LogP contribution in [-0.2, 0) is 20.7 Å². The lowest BCUT2D eigenvalue weighted by Gasteiger charge is -2.60. The SMILES string of the molecule is C=CC(=O)N1CCN(C2C3CC[C@]4(Cc5ccc(I)cc5N(C)C4)C(=O)C3NC(OCC3CCCN3C)N2C2CCCCCCC2)CC1CC#N. The number of Topliss-reactive ketones (excluding diaryl/α,β-unsaturated/α-hetero) is 1. The lowest BCUT2D eigenvalue weighted by Crippen LogP contribution is -2.77. The van der Waals surface area contributed by atoms with Crippen LogP contribution in [0, 0.1) is 26.2 Å². The number of nitriles is 1. The van der Waals surface area contributed by atoms with E-state index in [0.717, 1.165) is 51.6 Å². The summed E-state index contributed by atoms with van der Waals surface area (Å²) in [5.41, 5.74) is 2.05. The summed E-state index contributed by atoms with van der Waals surface area (Å²) in [5.74, 6) is 0.302. The molecule has 7 rings (SSSR count). The smallest absolute Gasteiger partial charge is 0.246 e. The van der Waals surface area contributed by atoms with Crippen LogP contribution in [0.5, 0.6) is 0 Å². The zero-order valence-corrected chi connectivity index (χ0v) is 32.9. The number of nitrogens with zero attached hydrogens (tertiary/aromatic N) is 6. The molecule has 1 N–H and O–H groups in total. The van der Waals surface area contributed by atoms with Crippen LogP contribution < -0.4 is 10.2 Å². The van der Waals surface area contributed by atoms with Crippen molar-refractivity contribution in [1.82, 2.24) is 24.9 Å². The first-order valence-electron chi connectivity index (χ1n) is 19.7. The second kappa shape index (κ2) is 16.1. The molecule has 0 radical (unpaired) electrons. The number of halogens is 1. The number of rotatable bonds is 7. The van der Waals surface area contributed by atoms with Crippen LogP contribution in [0.3, 0.4) is 0 Å². The lowest BCUT2D eigenvalue weighted by molar-refractivity contribution is -0.216. The van der Waals surface area contributed by atoms with Crippen molar-refractivity contribution in [3.8, 4) is 6.07 Å². The van der Waals surface area contributed by atoms with E-state index in [9.17, 15) is 10.1 Å². The molecule has 1 spiro atoms. The van der Waals surface area contributed by atoms with Gasteiger partial charge in [-0.2, -0.15) is 5.26 Å². The number of carbonyl (C=O) groups is 2. The Bertz CT molecular complexity index is 1480. The van der Waals surface area contributed by atoms with E-state index in [1.54, 1.807) is 0 Å². The molecule has 6 unspecified atom stereocenters. The highest BCUT2D eigenvalue weighted by Gasteiger charge is 2.58. The van der Waals surface area contributed by atoms with Gasteiger partial charge in [0.25, 0.3) is 0 Å². The van der Waals surface area contributed by atoms with Gasteiger partial charge in [-0.05, 0) is 105 Å². The highest BCUT2D eigenvalue weighted by molar-refractivity contribution is 14.1. The largest absolute Gasteiger partial charge is 0.373 e. The zero-order chi connectivity index (χ0) is 35.7. The number of likely N-dealkylation sites (tertiary alicyclic amines) is 1. The Labute approximate surface area is 319 Å². The standard InChI is InChI=1S/C40H58IN7O3/c1-4-35(49)47-22-21-46(25-31(47)17-19-42)38-33-16-18-40(24-28-14-15-29(41)23-34(28)45(3)27-40)37(50)36(33)43-39(51-26-32-13-10-20-44(32)2)48(38)30-11-8-6-5-7-9-12-30/h4,14-15,23,30-33,36,38-39,43H,1,5-13,16-18,20-22,24-27H2,2-3H3/t31?,32?,33?,36?,38?,39?,40-/m1/s1. The zero-order valence-electron chi connectivity index (χ0n) is 30.8. The van der Waals surface area contributed by atoms with Crippen LogP contribution in [0.2, 0.25) is 0 Å². The molecule has 0 bridgehead atoms. The molecular formula is C40H58IN7O3. The van der Waals surface area contributed by atoms with E-state index in [-0.39, 0.29) is 42.8 Å². The van der Waals surface area contributed by atoms with E-state index in [2.05, 4.69) is 92.4 Å². The third-order valence-electron chi connectivity index (χ3n) is 13.3. The minimum Gasteiger partial charge on any atom is -0.373 e. The van der Waals surface area contributed by atoms with Crippen LogP contribution in [0.15, 0.2) is 30.9 Å². The monoisotopic (exact) mass is 811 g/mol. The number of nitrogens with one attached hydrogen (secondary N) is 1. The van der Waals surface area contributed by atoms with Gasteiger partial charge in [0.05, 0.1) is 42.8 Å². The molecule has 1 amide bonds. The number of hydrogen-bond acceptors (Lipinski definition) is 9. The van der Waals surface area contributed by atoms with Gasteiger partial charge in [-0.25, -0.2) is 4.90 Å². The highest BCUT2D eigenvalue weighted by Crippen LogP contribution is 2.49. The first-order chi connectivity index (χ1) is 24.7. The van der Waals surface area contributed by atoms with Gasteiger partial charge in [0.2, 0.25) is 5.91 Å². The summed E-state index contributed by atoms with van der Waals surface area (Å²) in [6.45, 7) is 8.07. The van der Waals surface area contributed by atoms with Crippen molar-refractivity contribution in [2.45, 2.75) is 120 Å². The summed E-state index contributed by atoms with van der Waals surface area (Å²) in [6, 6.07) is 9.17. The van der Waals surface area contributed by atoms with Gasteiger partial charge in [0.1, 0.15) is 0 Å². The van der Waals surface area contributed by atoms with Crippen molar-refractivity contribution in [2.24, 2.45) is 11.3 Å². The summed E-state index contributed by atoms with van der Waals surface area (Å²) in [7, 11) is 4.35. The predicted molar refractivity (Wildman–Crippen MR) is 208 cm³/mol. The maximum absolute atomic E-state index is 15.3. The Morgan fingerprint density at radius 2 is 1.86 bits per heavy atom. The fraction of sp³-hybridized carbons (Fsp3) is 0.725. The van der Waals surface area contributed by atoms with E-state index in [0.29, 0.717) is 44.1 Å². The van der Waals surface area contributed by atoms with Gasteiger partial charge < -0.3 is 19.4 Å². The Morgan fingerprint density at radius 3 is 2.59 bits per heavy atom. The Hall–Kier alpha value is -2.08. The number of hydrogen-bond donors (Lipinski definition) is 1. The molecule has 4 aliphatic heterocycles.